The van der Waals surface area contributed by atoms with E-state index in [9.17, 15) is 10.1 Å². The SMILES string of the molecule is CC(C)[Si](C#C/C(C#Cc1ccc(N(C)C)cc1)=C(/C#Cc1ccc([N+](=O)[O-])s1)C#C[Si](C(C)C)(C(C)C)C(C)C)(C(C)C)C(C)C. The van der Waals surface area contributed by atoms with Gasteiger partial charge in [-0.3, -0.25) is 10.1 Å². The molecule has 2 aromatic rings. The second kappa shape index (κ2) is 17.1. The van der Waals surface area contributed by atoms with E-state index in [-0.39, 0.29) is 9.92 Å². The van der Waals surface area contributed by atoms with Gasteiger partial charge in [-0.05, 0) is 75.4 Å². The van der Waals surface area contributed by atoms with Crippen molar-refractivity contribution >= 4 is 38.2 Å². The third-order valence-electron chi connectivity index (χ3n) is 9.59. The fraction of sp³-hybridized carbons (Fsp3) is 0.500. The number of anilines is 1. The van der Waals surface area contributed by atoms with Crippen LogP contribution in [0, 0.1) is 56.7 Å². The van der Waals surface area contributed by atoms with Crippen LogP contribution >= 0.6 is 11.3 Å². The lowest BCUT2D eigenvalue weighted by Gasteiger charge is -2.38. The summed E-state index contributed by atoms with van der Waals surface area (Å²) in [5.41, 5.74) is 13.6. The Balaban J connectivity index is 3.09. The second-order valence-corrected chi connectivity index (χ2v) is 26.6. The summed E-state index contributed by atoms with van der Waals surface area (Å²) >= 11 is 1.07. The molecule has 250 valence electrons. The minimum absolute atomic E-state index is 0.0688. The fourth-order valence-electron chi connectivity index (χ4n) is 7.11. The molecule has 2 rings (SSSR count). The molecule has 0 N–H and O–H groups in total. The van der Waals surface area contributed by atoms with E-state index in [2.05, 4.69) is 147 Å². The number of hydrogen-bond acceptors (Lipinski definition) is 4. The molecule has 7 heteroatoms. The van der Waals surface area contributed by atoms with Gasteiger partial charge in [0.1, 0.15) is 16.1 Å². The Labute approximate surface area is 292 Å². The zero-order valence-corrected chi connectivity index (χ0v) is 33.9. The Hall–Kier alpha value is -3.47. The summed E-state index contributed by atoms with van der Waals surface area (Å²) in [4.78, 5) is 13.7. The Morgan fingerprint density at radius 3 is 1.38 bits per heavy atom. The van der Waals surface area contributed by atoms with Crippen LogP contribution in [0.5, 0.6) is 0 Å². The van der Waals surface area contributed by atoms with Crippen LogP contribution in [-0.2, 0) is 0 Å². The smallest absolute Gasteiger partial charge is 0.325 e. The molecule has 0 aliphatic heterocycles. The van der Waals surface area contributed by atoms with E-state index in [1.165, 1.54) is 6.07 Å². The largest absolute Gasteiger partial charge is 0.378 e. The monoisotopic (exact) mass is 682 g/mol. The molecule has 0 amide bonds. The molecule has 0 radical (unpaired) electrons. The number of benzene rings is 1. The molecule has 0 saturated carbocycles. The molecule has 0 spiro atoms. The highest BCUT2D eigenvalue weighted by Gasteiger charge is 2.42. The van der Waals surface area contributed by atoms with E-state index in [4.69, 9.17) is 0 Å². The van der Waals surface area contributed by atoms with E-state index in [0.717, 1.165) is 22.6 Å². The lowest BCUT2D eigenvalue weighted by atomic mass is 10.1. The first-order valence-electron chi connectivity index (χ1n) is 16.8. The van der Waals surface area contributed by atoms with Gasteiger partial charge in [0.2, 0.25) is 0 Å². The average molecular weight is 683 g/mol. The first-order valence-corrected chi connectivity index (χ1v) is 22.0. The maximum Gasteiger partial charge on any atom is 0.325 e. The minimum atomic E-state index is -2.11. The first kappa shape index (κ1) is 39.7. The van der Waals surface area contributed by atoms with Crippen molar-refractivity contribution in [1.29, 1.82) is 0 Å². The van der Waals surface area contributed by atoms with Gasteiger partial charge in [-0.15, -0.1) is 11.1 Å². The molecule has 1 heterocycles. The summed E-state index contributed by atoms with van der Waals surface area (Å²) in [5, 5.41) is 11.5. The minimum Gasteiger partial charge on any atom is -0.378 e. The normalized spacial score (nSPS) is 12.2. The van der Waals surface area contributed by atoms with Gasteiger partial charge < -0.3 is 4.90 Å². The summed E-state index contributed by atoms with van der Waals surface area (Å²) in [5.74, 6) is 20.5. The van der Waals surface area contributed by atoms with Gasteiger partial charge in [-0.25, -0.2) is 0 Å². The van der Waals surface area contributed by atoms with Crippen LogP contribution in [0.1, 0.15) is 93.5 Å². The summed E-state index contributed by atoms with van der Waals surface area (Å²) in [6, 6.07) is 11.4. The van der Waals surface area contributed by atoms with E-state index >= 15 is 0 Å². The molecular weight excluding hydrogens is 629 g/mol. The molecular formula is C40H54N2O2SSi2. The number of nitro groups is 1. The number of thiophene rings is 1. The van der Waals surface area contributed by atoms with Crippen molar-refractivity contribution < 1.29 is 4.92 Å². The molecule has 0 aliphatic rings. The van der Waals surface area contributed by atoms with Crippen molar-refractivity contribution in [2.45, 2.75) is 116 Å². The van der Waals surface area contributed by atoms with Crippen molar-refractivity contribution in [3.63, 3.8) is 0 Å². The van der Waals surface area contributed by atoms with Gasteiger partial charge in [-0.1, -0.05) is 118 Å². The zero-order valence-electron chi connectivity index (χ0n) is 31.0. The van der Waals surface area contributed by atoms with Crippen molar-refractivity contribution in [2.24, 2.45) is 0 Å². The quantitative estimate of drug-likeness (QED) is 0.120. The van der Waals surface area contributed by atoms with Gasteiger partial charge >= 0.3 is 5.00 Å². The molecule has 47 heavy (non-hydrogen) atoms. The molecule has 0 fully saturated rings. The molecule has 1 aromatic heterocycles. The number of hydrogen-bond donors (Lipinski definition) is 0. The first-order chi connectivity index (χ1) is 21.9. The summed E-state index contributed by atoms with van der Waals surface area (Å²) in [6.07, 6.45) is 0. The summed E-state index contributed by atoms with van der Waals surface area (Å²) < 4.78 is 0. The Bertz CT molecular complexity index is 1640. The molecule has 0 saturated heterocycles. The number of nitrogens with zero attached hydrogens (tertiary/aromatic N) is 2. The van der Waals surface area contributed by atoms with Gasteiger partial charge in [0.15, 0.2) is 0 Å². The average Bonchev–Trinajstić information content (AvgIpc) is 3.45. The van der Waals surface area contributed by atoms with E-state index in [0.29, 0.717) is 49.3 Å². The molecule has 1 aromatic carbocycles. The van der Waals surface area contributed by atoms with Gasteiger partial charge in [0.05, 0.1) is 20.9 Å². The summed E-state index contributed by atoms with van der Waals surface area (Å²) in [6.45, 7) is 27.6. The standard InChI is InChI=1S/C40H54N2O2SSi2/c1-29(2)46(30(3)4,31(5)6)27-25-36(18-15-35-16-20-38(21-17-35)41(13)14)37(19-22-39-23-24-40(45-39)42(43)44)26-28-47(32(7)8,33(9)10)34(11)12/h16-17,20-21,23-24,29-34H,1-14H3/b37-36-. The Morgan fingerprint density at radius 2 is 1.04 bits per heavy atom. The molecule has 0 aliphatic carbocycles. The Morgan fingerprint density at radius 1 is 0.638 bits per heavy atom. The van der Waals surface area contributed by atoms with Crippen molar-refractivity contribution in [3.8, 4) is 46.6 Å². The fourth-order valence-corrected chi connectivity index (χ4v) is 18.2. The molecule has 0 unspecified atom stereocenters. The van der Waals surface area contributed by atoms with Crippen molar-refractivity contribution in [1.82, 2.24) is 0 Å². The highest BCUT2D eigenvalue weighted by Crippen LogP contribution is 2.42. The topological polar surface area (TPSA) is 46.4 Å². The third-order valence-corrected chi connectivity index (χ3v) is 23.1. The third kappa shape index (κ3) is 9.55. The van der Waals surface area contributed by atoms with E-state index in [1.54, 1.807) is 6.07 Å². The zero-order chi connectivity index (χ0) is 35.7. The molecule has 4 nitrogen and oxygen atoms in total. The molecule has 0 bridgehead atoms. The van der Waals surface area contributed by atoms with Crippen molar-refractivity contribution in [3.05, 3.63) is 68.1 Å². The van der Waals surface area contributed by atoms with Crippen LogP contribution in [0.3, 0.4) is 0 Å². The molecule has 0 atom stereocenters. The lowest BCUT2D eigenvalue weighted by molar-refractivity contribution is -0.380. The van der Waals surface area contributed by atoms with Crippen LogP contribution in [0.15, 0.2) is 47.5 Å². The number of allylic oxidation sites excluding steroid dienone is 2. The summed E-state index contributed by atoms with van der Waals surface area (Å²) in [7, 11) is -0.178. The van der Waals surface area contributed by atoms with Crippen LogP contribution < -0.4 is 4.90 Å². The van der Waals surface area contributed by atoms with Crippen molar-refractivity contribution in [2.75, 3.05) is 19.0 Å². The lowest BCUT2D eigenvalue weighted by Crippen LogP contribution is -2.43. The Kier molecular flexibility index (Phi) is 14.4. The van der Waals surface area contributed by atoms with Gasteiger partial charge in [0, 0.05) is 31.4 Å². The second-order valence-electron chi connectivity index (χ2n) is 14.4. The van der Waals surface area contributed by atoms with Crippen LogP contribution in [0.4, 0.5) is 10.7 Å². The highest BCUT2D eigenvalue weighted by molar-refractivity contribution is 7.15. The van der Waals surface area contributed by atoms with Gasteiger partial charge in [-0.2, -0.15) is 0 Å². The van der Waals surface area contributed by atoms with E-state index < -0.39 is 16.1 Å². The van der Waals surface area contributed by atoms with Crippen LogP contribution in [-0.4, -0.2) is 35.2 Å². The number of rotatable bonds is 8. The maximum atomic E-state index is 11.4. The maximum absolute atomic E-state index is 11.4. The predicted octanol–water partition coefficient (Wildman–Crippen LogP) is 10.9. The predicted molar refractivity (Wildman–Crippen MR) is 210 cm³/mol. The van der Waals surface area contributed by atoms with E-state index in [1.807, 2.05) is 26.2 Å². The highest BCUT2D eigenvalue weighted by atomic mass is 32.1. The van der Waals surface area contributed by atoms with Gasteiger partial charge in [0.25, 0.3) is 0 Å². The van der Waals surface area contributed by atoms with Crippen LogP contribution in [0.25, 0.3) is 0 Å². The van der Waals surface area contributed by atoms with Crippen LogP contribution in [0.2, 0.25) is 33.2 Å².